The van der Waals surface area contributed by atoms with Gasteiger partial charge in [0.25, 0.3) is 0 Å². The summed E-state index contributed by atoms with van der Waals surface area (Å²) in [7, 11) is 4.03. The van der Waals surface area contributed by atoms with E-state index in [4.69, 9.17) is 0 Å². The van der Waals surface area contributed by atoms with Crippen molar-refractivity contribution in [3.05, 3.63) is 35.4 Å². The highest BCUT2D eigenvalue weighted by molar-refractivity contribution is 5.81. The number of hydrogen-bond donors (Lipinski definition) is 1. The highest BCUT2D eigenvalue weighted by Crippen LogP contribution is 2.42. The van der Waals surface area contributed by atoms with Gasteiger partial charge in [-0.1, -0.05) is 24.0 Å². The number of aliphatic hydroxyl groups excluding tert-OH is 1. The van der Waals surface area contributed by atoms with Crippen LogP contribution in [-0.4, -0.2) is 84.7 Å². The molecule has 1 N–H and O–H groups in total. The molecule has 1 aliphatic carbocycles. The number of fused-ring (bicyclic) bond motifs is 1. The smallest absolute Gasteiger partial charge is 0.225 e. The van der Waals surface area contributed by atoms with E-state index in [1.807, 2.05) is 14.1 Å². The molecule has 3 atom stereocenters. The van der Waals surface area contributed by atoms with Crippen molar-refractivity contribution < 1.29 is 9.90 Å². The van der Waals surface area contributed by atoms with E-state index in [2.05, 4.69) is 50.8 Å². The molecule has 1 aromatic rings. The summed E-state index contributed by atoms with van der Waals surface area (Å²) in [6.07, 6.45) is 4.27. The Morgan fingerprint density at radius 2 is 1.90 bits per heavy atom. The number of carbonyl (C=O) groups is 1. The van der Waals surface area contributed by atoms with Crippen molar-refractivity contribution in [2.45, 2.75) is 43.7 Å². The summed E-state index contributed by atoms with van der Waals surface area (Å²) in [4.78, 5) is 19.3. The molecule has 3 fully saturated rings. The molecule has 2 aliphatic heterocycles. The first-order valence-electron chi connectivity index (χ1n) is 11.0. The molecule has 0 unspecified atom stereocenters. The molecule has 5 heteroatoms. The Kier molecular flexibility index (Phi) is 6.24. The topological polar surface area (TPSA) is 47.0 Å². The molecule has 5 nitrogen and oxygen atoms in total. The second kappa shape index (κ2) is 8.87. The van der Waals surface area contributed by atoms with Crippen molar-refractivity contribution in [2.24, 2.45) is 5.92 Å². The standard InChI is InChI=1S/C24H33N3O2/c1-25(2)13-5-6-18-7-9-19(10-8-18)23-21-16-26(24(29)20-11-12-20)14-3-4-15-27(21)22(23)17-28/h7-10,20-23,28H,3-4,11-17H2,1-2H3/t21-,22+,23+/m1/s1. The Bertz CT molecular complexity index is 776. The zero-order chi connectivity index (χ0) is 20.4. The minimum absolute atomic E-state index is 0.154. The lowest BCUT2D eigenvalue weighted by atomic mass is 9.74. The Hall–Kier alpha value is -1.87. The van der Waals surface area contributed by atoms with E-state index in [1.165, 1.54) is 5.56 Å². The van der Waals surface area contributed by atoms with E-state index >= 15 is 0 Å². The van der Waals surface area contributed by atoms with E-state index in [0.29, 0.717) is 11.9 Å². The van der Waals surface area contributed by atoms with Crippen LogP contribution in [0.2, 0.25) is 0 Å². The van der Waals surface area contributed by atoms with Crippen LogP contribution in [0.3, 0.4) is 0 Å². The van der Waals surface area contributed by atoms with Gasteiger partial charge in [0.05, 0.1) is 13.2 Å². The van der Waals surface area contributed by atoms with Crippen LogP contribution < -0.4 is 0 Å². The van der Waals surface area contributed by atoms with Gasteiger partial charge in [0, 0.05) is 42.6 Å². The van der Waals surface area contributed by atoms with Crippen molar-refractivity contribution in [1.82, 2.24) is 14.7 Å². The van der Waals surface area contributed by atoms with Gasteiger partial charge in [-0.2, -0.15) is 0 Å². The molecule has 2 heterocycles. The molecule has 0 bridgehead atoms. The van der Waals surface area contributed by atoms with Crippen molar-refractivity contribution in [1.29, 1.82) is 0 Å². The van der Waals surface area contributed by atoms with E-state index in [9.17, 15) is 9.90 Å². The van der Waals surface area contributed by atoms with Crippen LogP contribution in [0, 0.1) is 17.8 Å². The largest absolute Gasteiger partial charge is 0.395 e. The highest BCUT2D eigenvalue weighted by Gasteiger charge is 2.50. The summed E-state index contributed by atoms with van der Waals surface area (Å²) in [5.41, 5.74) is 2.28. The third-order valence-corrected chi connectivity index (χ3v) is 6.53. The SMILES string of the molecule is CN(C)CC#Cc1ccc([C@H]2[C@H]3CN(C(=O)C4CC4)CCCCN3[C@H]2CO)cc1. The Morgan fingerprint density at radius 1 is 1.17 bits per heavy atom. The lowest BCUT2D eigenvalue weighted by Gasteiger charge is -2.57. The van der Waals surface area contributed by atoms with Gasteiger partial charge in [-0.05, 0) is 64.0 Å². The van der Waals surface area contributed by atoms with Crippen molar-refractivity contribution in [2.75, 3.05) is 46.9 Å². The third-order valence-electron chi connectivity index (χ3n) is 6.53. The monoisotopic (exact) mass is 395 g/mol. The first-order valence-corrected chi connectivity index (χ1v) is 11.0. The summed E-state index contributed by atoms with van der Waals surface area (Å²) in [6.45, 7) is 3.62. The quantitative estimate of drug-likeness (QED) is 0.790. The normalized spacial score (nSPS) is 27.3. The van der Waals surface area contributed by atoms with Crippen molar-refractivity contribution >= 4 is 5.91 Å². The molecule has 29 heavy (non-hydrogen) atoms. The molecule has 4 rings (SSSR count). The van der Waals surface area contributed by atoms with Crippen molar-refractivity contribution in [3.8, 4) is 11.8 Å². The maximum absolute atomic E-state index is 12.7. The van der Waals surface area contributed by atoms with E-state index < -0.39 is 0 Å². The molecule has 3 aliphatic rings. The highest BCUT2D eigenvalue weighted by atomic mass is 16.3. The third kappa shape index (κ3) is 4.50. The van der Waals surface area contributed by atoms with Crippen LogP contribution in [-0.2, 0) is 4.79 Å². The zero-order valence-corrected chi connectivity index (χ0v) is 17.7. The van der Waals surface area contributed by atoms with Crippen LogP contribution in [0.25, 0.3) is 0 Å². The average Bonchev–Trinajstić information content (AvgIpc) is 3.52. The van der Waals surface area contributed by atoms with Gasteiger partial charge in [0.2, 0.25) is 5.91 Å². The number of amides is 1. The summed E-state index contributed by atoms with van der Waals surface area (Å²) in [5, 5.41) is 10.1. The van der Waals surface area contributed by atoms with Gasteiger partial charge in [0.1, 0.15) is 0 Å². The maximum Gasteiger partial charge on any atom is 0.225 e. The van der Waals surface area contributed by atoms with E-state index in [0.717, 1.165) is 57.4 Å². The number of carbonyl (C=O) groups excluding carboxylic acids is 1. The van der Waals surface area contributed by atoms with Crippen LogP contribution in [0.15, 0.2) is 24.3 Å². The Labute approximate surface area is 174 Å². The molecular weight excluding hydrogens is 362 g/mol. The minimum atomic E-state index is 0.154. The Morgan fingerprint density at radius 3 is 2.55 bits per heavy atom. The number of benzene rings is 1. The number of rotatable bonds is 4. The van der Waals surface area contributed by atoms with Gasteiger partial charge in [0.15, 0.2) is 0 Å². The molecule has 0 spiro atoms. The first kappa shape index (κ1) is 20.4. The fourth-order valence-corrected chi connectivity index (χ4v) is 4.82. The minimum Gasteiger partial charge on any atom is -0.395 e. The van der Waals surface area contributed by atoms with Crippen molar-refractivity contribution in [3.63, 3.8) is 0 Å². The van der Waals surface area contributed by atoms with Gasteiger partial charge in [-0.3, -0.25) is 14.6 Å². The molecule has 1 saturated carbocycles. The maximum atomic E-state index is 12.7. The first-order chi connectivity index (χ1) is 14.1. The van der Waals surface area contributed by atoms with Gasteiger partial charge >= 0.3 is 0 Å². The van der Waals surface area contributed by atoms with Crippen LogP contribution in [0.4, 0.5) is 0 Å². The second-order valence-corrected chi connectivity index (χ2v) is 9.01. The van der Waals surface area contributed by atoms with Crippen LogP contribution >= 0.6 is 0 Å². The van der Waals surface area contributed by atoms with Crippen LogP contribution in [0.5, 0.6) is 0 Å². The molecule has 1 aromatic carbocycles. The number of nitrogens with zero attached hydrogens (tertiary/aromatic N) is 3. The summed E-state index contributed by atoms with van der Waals surface area (Å²) < 4.78 is 0. The second-order valence-electron chi connectivity index (χ2n) is 9.01. The predicted octanol–water partition coefficient (Wildman–Crippen LogP) is 1.76. The summed E-state index contributed by atoms with van der Waals surface area (Å²) in [6, 6.07) is 8.96. The average molecular weight is 396 g/mol. The lowest BCUT2D eigenvalue weighted by molar-refractivity contribution is -0.137. The lowest BCUT2D eigenvalue weighted by Crippen LogP contribution is -2.68. The zero-order valence-electron chi connectivity index (χ0n) is 17.7. The fraction of sp³-hybridized carbons (Fsp3) is 0.625. The number of aliphatic hydroxyl groups is 1. The number of hydrogen-bond acceptors (Lipinski definition) is 4. The summed E-state index contributed by atoms with van der Waals surface area (Å²) in [5.74, 6) is 7.29. The molecule has 156 valence electrons. The van der Waals surface area contributed by atoms with E-state index in [1.54, 1.807) is 0 Å². The molecule has 0 aromatic heterocycles. The molecular formula is C24H33N3O2. The van der Waals surface area contributed by atoms with Crippen LogP contribution in [0.1, 0.15) is 42.7 Å². The summed E-state index contributed by atoms with van der Waals surface area (Å²) >= 11 is 0. The molecule has 0 radical (unpaired) electrons. The van der Waals surface area contributed by atoms with E-state index in [-0.39, 0.29) is 24.5 Å². The molecule has 2 saturated heterocycles. The Balaban J connectivity index is 1.50. The van der Waals surface area contributed by atoms with Gasteiger partial charge < -0.3 is 10.0 Å². The van der Waals surface area contributed by atoms with Gasteiger partial charge in [-0.15, -0.1) is 0 Å². The molecule has 1 amide bonds. The predicted molar refractivity (Wildman–Crippen MR) is 115 cm³/mol. The van der Waals surface area contributed by atoms with Gasteiger partial charge in [-0.25, -0.2) is 0 Å². The fourth-order valence-electron chi connectivity index (χ4n) is 4.82.